The van der Waals surface area contributed by atoms with E-state index < -0.39 is 70.0 Å². The van der Waals surface area contributed by atoms with E-state index in [9.17, 15) is 41.1 Å². The molecule has 3 aromatic carbocycles. The van der Waals surface area contributed by atoms with E-state index in [-0.39, 0.29) is 35.1 Å². The van der Waals surface area contributed by atoms with Gasteiger partial charge in [-0.25, -0.2) is 22.0 Å². The molecule has 1 atom stereocenters. The fraction of sp³-hybridized carbons (Fsp3) is 0.161. The van der Waals surface area contributed by atoms with Crippen LogP contribution in [0.1, 0.15) is 41.8 Å². The first-order chi connectivity index (χ1) is 21.3. The SMILES string of the molecule is CC(=O)Oc1ccc2c(c1)Oc1cc(OC(C)=O)ccc1C21OC(=O)C2CC(NC(=O)c3c(F)c(F)c(F)c(F)c3F)=CC=C21. The van der Waals surface area contributed by atoms with E-state index in [1.807, 2.05) is 0 Å². The third kappa shape index (κ3) is 4.69. The molecule has 1 aliphatic carbocycles. The van der Waals surface area contributed by atoms with Crippen molar-refractivity contribution in [1.29, 1.82) is 0 Å². The van der Waals surface area contributed by atoms with Gasteiger partial charge in [0.25, 0.3) is 5.91 Å². The van der Waals surface area contributed by atoms with E-state index in [2.05, 4.69) is 5.32 Å². The minimum absolute atomic E-state index is 0.0744. The molecule has 3 aromatic rings. The number of carbonyl (C=O) groups is 4. The molecule has 1 spiro atoms. The van der Waals surface area contributed by atoms with E-state index in [4.69, 9.17) is 18.9 Å². The van der Waals surface area contributed by atoms with Gasteiger partial charge in [0.15, 0.2) is 28.9 Å². The molecule has 2 heterocycles. The molecule has 0 aromatic heterocycles. The highest BCUT2D eigenvalue weighted by molar-refractivity contribution is 5.96. The van der Waals surface area contributed by atoms with E-state index in [0.717, 1.165) is 0 Å². The summed E-state index contributed by atoms with van der Waals surface area (Å²) in [6.07, 6.45) is 2.44. The van der Waals surface area contributed by atoms with Crippen LogP contribution >= 0.6 is 0 Å². The monoisotopic (exact) mass is 627 g/mol. The summed E-state index contributed by atoms with van der Waals surface area (Å²) in [4.78, 5) is 49.2. The number of hydrogen-bond acceptors (Lipinski definition) is 8. The Morgan fingerprint density at radius 1 is 0.800 bits per heavy atom. The Morgan fingerprint density at radius 3 is 1.82 bits per heavy atom. The predicted molar refractivity (Wildman–Crippen MR) is 140 cm³/mol. The van der Waals surface area contributed by atoms with Crippen LogP contribution in [0.3, 0.4) is 0 Å². The normalized spacial score (nSPS) is 17.1. The summed E-state index contributed by atoms with van der Waals surface area (Å²) in [5, 5.41) is 2.12. The third-order valence-electron chi connectivity index (χ3n) is 7.33. The first-order valence-electron chi connectivity index (χ1n) is 13.1. The lowest BCUT2D eigenvalue weighted by atomic mass is 9.73. The molecule has 1 unspecified atom stereocenters. The summed E-state index contributed by atoms with van der Waals surface area (Å²) >= 11 is 0. The average Bonchev–Trinajstić information content (AvgIpc) is 3.26. The number of benzene rings is 3. The van der Waals surface area contributed by atoms with Crippen LogP contribution in [0, 0.1) is 35.0 Å². The van der Waals surface area contributed by atoms with Crippen LogP contribution in [0.4, 0.5) is 22.0 Å². The number of halogens is 5. The van der Waals surface area contributed by atoms with Gasteiger partial charge in [-0.15, -0.1) is 0 Å². The summed E-state index contributed by atoms with van der Waals surface area (Å²) in [6.45, 7) is 2.40. The van der Waals surface area contributed by atoms with Crippen LogP contribution < -0.4 is 19.5 Å². The van der Waals surface area contributed by atoms with Gasteiger partial charge in [0.05, 0.1) is 5.92 Å². The van der Waals surface area contributed by atoms with Crippen LogP contribution in [0.25, 0.3) is 0 Å². The van der Waals surface area contributed by atoms with Gasteiger partial charge in [0, 0.05) is 49.2 Å². The molecule has 1 N–H and O–H groups in total. The van der Waals surface area contributed by atoms with Crippen molar-refractivity contribution in [2.75, 3.05) is 0 Å². The molecule has 6 rings (SSSR count). The second-order valence-electron chi connectivity index (χ2n) is 10.2. The molecule has 0 bridgehead atoms. The van der Waals surface area contributed by atoms with Gasteiger partial charge in [-0.05, 0) is 35.9 Å². The molecular formula is C31H18F5NO8. The fourth-order valence-corrected chi connectivity index (χ4v) is 5.56. The Morgan fingerprint density at radius 2 is 1.31 bits per heavy atom. The van der Waals surface area contributed by atoms with Crippen molar-refractivity contribution >= 4 is 23.8 Å². The molecule has 1 fully saturated rings. The van der Waals surface area contributed by atoms with Crippen LogP contribution in [-0.2, 0) is 24.7 Å². The molecule has 1 saturated heterocycles. The number of rotatable bonds is 4. The van der Waals surface area contributed by atoms with Gasteiger partial charge in [-0.2, -0.15) is 0 Å². The van der Waals surface area contributed by atoms with Crippen molar-refractivity contribution in [3.63, 3.8) is 0 Å². The first kappa shape index (κ1) is 29.5. The highest BCUT2D eigenvalue weighted by atomic mass is 19.2. The lowest BCUT2D eigenvalue weighted by Crippen LogP contribution is -2.34. The number of amides is 1. The number of carbonyl (C=O) groups excluding carboxylic acids is 4. The third-order valence-corrected chi connectivity index (χ3v) is 7.33. The summed E-state index contributed by atoms with van der Waals surface area (Å²) in [5.41, 5.74) is -2.37. The highest BCUT2D eigenvalue weighted by Gasteiger charge is 2.58. The quantitative estimate of drug-likeness (QED) is 0.134. The van der Waals surface area contributed by atoms with Crippen LogP contribution in [0.15, 0.2) is 59.8 Å². The maximum Gasteiger partial charge on any atom is 0.315 e. The molecule has 14 heteroatoms. The second-order valence-corrected chi connectivity index (χ2v) is 10.2. The number of ether oxygens (including phenoxy) is 4. The highest BCUT2D eigenvalue weighted by Crippen LogP contribution is 2.59. The van der Waals surface area contributed by atoms with Crippen molar-refractivity contribution in [2.45, 2.75) is 25.9 Å². The van der Waals surface area contributed by atoms with Gasteiger partial charge in [0.1, 0.15) is 28.6 Å². The number of fused-ring (bicyclic) bond motifs is 6. The predicted octanol–water partition coefficient (Wildman–Crippen LogP) is 5.40. The molecule has 1 amide bonds. The molecule has 0 radical (unpaired) electrons. The zero-order valence-electron chi connectivity index (χ0n) is 23.1. The summed E-state index contributed by atoms with van der Waals surface area (Å²) < 4.78 is 91.8. The standard InChI is InChI=1S/C31H18F5NO8/c1-12(38)42-15-4-7-19-21(10-15)44-22-11-16(43-13(2)39)5-8-20(22)31(19)18-6-3-14(9-17(18)30(41)45-31)37-29(40)23-24(32)26(34)28(36)27(35)25(23)33/h3-8,10-11,17H,9H2,1-2H3,(H,37,40). The zero-order chi connectivity index (χ0) is 32.4. The van der Waals surface area contributed by atoms with E-state index in [0.29, 0.717) is 16.7 Å². The van der Waals surface area contributed by atoms with Gasteiger partial charge in [0.2, 0.25) is 5.82 Å². The lowest BCUT2D eigenvalue weighted by Gasteiger charge is -2.37. The molecule has 3 aliphatic rings. The van der Waals surface area contributed by atoms with Crippen LogP contribution in [0.5, 0.6) is 23.0 Å². The molecule has 9 nitrogen and oxygen atoms in total. The van der Waals surface area contributed by atoms with Crippen molar-refractivity contribution in [3.05, 3.63) is 106 Å². The molecule has 230 valence electrons. The van der Waals surface area contributed by atoms with Crippen LogP contribution in [-0.4, -0.2) is 23.8 Å². The smallest absolute Gasteiger partial charge is 0.315 e. The van der Waals surface area contributed by atoms with Gasteiger partial charge < -0.3 is 24.3 Å². The summed E-state index contributed by atoms with van der Waals surface area (Å²) in [7, 11) is 0. The second kappa shape index (κ2) is 10.6. The molecule has 0 saturated carbocycles. The Labute approximate surface area is 249 Å². The summed E-state index contributed by atoms with van der Waals surface area (Å²) in [5.74, 6) is -15.8. The number of hydrogen-bond donors (Lipinski definition) is 1. The van der Waals surface area contributed by atoms with Crippen molar-refractivity contribution < 1.29 is 60.1 Å². The van der Waals surface area contributed by atoms with Gasteiger partial charge >= 0.3 is 17.9 Å². The Kier molecular flexibility index (Phi) is 6.94. The van der Waals surface area contributed by atoms with Crippen LogP contribution in [0.2, 0.25) is 0 Å². The van der Waals surface area contributed by atoms with Gasteiger partial charge in [-0.1, -0.05) is 6.08 Å². The van der Waals surface area contributed by atoms with Gasteiger partial charge in [-0.3, -0.25) is 19.2 Å². The molecule has 45 heavy (non-hydrogen) atoms. The lowest BCUT2D eigenvalue weighted by molar-refractivity contribution is -0.148. The minimum Gasteiger partial charge on any atom is -0.456 e. The Hall–Kier alpha value is -5.53. The molecular weight excluding hydrogens is 609 g/mol. The Balaban J connectivity index is 1.44. The first-order valence-corrected chi connectivity index (χ1v) is 13.1. The zero-order valence-corrected chi connectivity index (χ0v) is 23.1. The number of allylic oxidation sites excluding steroid dienone is 3. The van der Waals surface area contributed by atoms with E-state index >= 15 is 0 Å². The maximum atomic E-state index is 14.2. The topological polar surface area (TPSA) is 117 Å². The number of nitrogens with one attached hydrogen (secondary N) is 1. The van der Waals surface area contributed by atoms with Crippen molar-refractivity contribution in [1.82, 2.24) is 5.32 Å². The molecule has 2 aliphatic heterocycles. The van der Waals surface area contributed by atoms with Crippen molar-refractivity contribution in [2.24, 2.45) is 5.92 Å². The minimum atomic E-state index is -2.41. The largest absolute Gasteiger partial charge is 0.456 e. The fourth-order valence-electron chi connectivity index (χ4n) is 5.56. The van der Waals surface area contributed by atoms with E-state index in [1.165, 1.54) is 62.4 Å². The maximum absolute atomic E-state index is 14.2. The summed E-state index contributed by atoms with van der Waals surface area (Å²) in [6, 6.07) is 8.76. The Bertz CT molecular complexity index is 1840. The average molecular weight is 627 g/mol. The van der Waals surface area contributed by atoms with Crippen molar-refractivity contribution in [3.8, 4) is 23.0 Å². The van der Waals surface area contributed by atoms with E-state index in [1.54, 1.807) is 0 Å². The number of esters is 3.